The predicted molar refractivity (Wildman–Crippen MR) is 53.5 cm³/mol. The molecule has 0 saturated carbocycles. The molecule has 78 valence electrons. The summed E-state index contributed by atoms with van der Waals surface area (Å²) in [5.41, 5.74) is 0.290. The molecule has 1 aliphatic heterocycles. The highest BCUT2D eigenvalue weighted by molar-refractivity contribution is 4.89. The van der Waals surface area contributed by atoms with Crippen molar-refractivity contribution < 1.29 is 9.47 Å². The van der Waals surface area contributed by atoms with Crippen LogP contribution >= 0.6 is 0 Å². The summed E-state index contributed by atoms with van der Waals surface area (Å²) in [6, 6.07) is 0. The maximum absolute atomic E-state index is 5.77. The van der Waals surface area contributed by atoms with Crippen molar-refractivity contribution in [3.8, 4) is 0 Å². The third-order valence-corrected chi connectivity index (χ3v) is 4.04. The van der Waals surface area contributed by atoms with Gasteiger partial charge in [0.05, 0.1) is 6.10 Å². The van der Waals surface area contributed by atoms with Gasteiger partial charge in [-0.2, -0.15) is 0 Å². The first kappa shape index (κ1) is 11.0. The van der Waals surface area contributed by atoms with E-state index in [1.165, 1.54) is 0 Å². The highest BCUT2D eigenvalue weighted by Crippen LogP contribution is 2.44. The molecule has 2 heteroatoms. The molecule has 1 saturated heterocycles. The first-order chi connectivity index (χ1) is 5.91. The lowest BCUT2D eigenvalue weighted by Crippen LogP contribution is -2.50. The molecule has 0 radical (unpaired) electrons. The second kappa shape index (κ2) is 3.58. The van der Waals surface area contributed by atoms with Crippen molar-refractivity contribution in [1.82, 2.24) is 0 Å². The van der Waals surface area contributed by atoms with Crippen LogP contribution < -0.4 is 0 Å². The van der Waals surface area contributed by atoms with E-state index in [1.807, 2.05) is 0 Å². The summed E-state index contributed by atoms with van der Waals surface area (Å²) < 4.78 is 11.1. The van der Waals surface area contributed by atoms with Crippen LogP contribution in [0.25, 0.3) is 0 Å². The van der Waals surface area contributed by atoms with Crippen molar-refractivity contribution in [2.75, 3.05) is 7.11 Å². The quantitative estimate of drug-likeness (QED) is 0.627. The van der Waals surface area contributed by atoms with Gasteiger partial charge in [-0.3, -0.25) is 0 Å². The van der Waals surface area contributed by atoms with Gasteiger partial charge in [-0.1, -0.05) is 27.7 Å². The molecule has 0 spiro atoms. The molecule has 0 N–H and O–H groups in total. The Morgan fingerprint density at radius 3 is 2.08 bits per heavy atom. The molecule has 0 aliphatic carbocycles. The van der Waals surface area contributed by atoms with Crippen LogP contribution in [-0.4, -0.2) is 19.5 Å². The first-order valence-electron chi connectivity index (χ1n) is 5.09. The Labute approximate surface area is 81.6 Å². The Hall–Kier alpha value is -0.0800. The summed E-state index contributed by atoms with van der Waals surface area (Å²) in [5, 5.41) is 0. The van der Waals surface area contributed by atoms with Gasteiger partial charge >= 0.3 is 0 Å². The molecule has 0 amide bonds. The molecular weight excluding hydrogens is 164 g/mol. The summed E-state index contributed by atoms with van der Waals surface area (Å²) in [6.45, 7) is 11.2. The maximum atomic E-state index is 5.77. The molecule has 0 aromatic rings. The van der Waals surface area contributed by atoms with E-state index in [0.29, 0.717) is 17.3 Å². The van der Waals surface area contributed by atoms with Crippen LogP contribution in [0, 0.1) is 17.3 Å². The fraction of sp³-hybridized carbons (Fsp3) is 1.00. The SMILES string of the molecule is COC1OC(C)C(C)C(C)(C)C1C. The second-order valence-corrected chi connectivity index (χ2v) is 4.84. The molecule has 1 heterocycles. The minimum atomic E-state index is -0.0406. The van der Waals surface area contributed by atoms with E-state index in [9.17, 15) is 0 Å². The molecule has 1 rings (SSSR count). The second-order valence-electron chi connectivity index (χ2n) is 4.84. The Bertz CT molecular complexity index is 177. The number of hydrogen-bond acceptors (Lipinski definition) is 2. The summed E-state index contributed by atoms with van der Waals surface area (Å²) in [5.74, 6) is 1.03. The minimum absolute atomic E-state index is 0.0406. The normalized spacial score (nSPS) is 44.8. The zero-order valence-electron chi connectivity index (χ0n) is 9.63. The smallest absolute Gasteiger partial charge is 0.160 e. The average Bonchev–Trinajstić information content (AvgIpc) is 2.09. The Morgan fingerprint density at radius 2 is 1.62 bits per heavy atom. The Morgan fingerprint density at radius 1 is 1.08 bits per heavy atom. The largest absolute Gasteiger partial charge is 0.356 e. The minimum Gasteiger partial charge on any atom is -0.356 e. The molecular formula is C11H22O2. The lowest BCUT2D eigenvalue weighted by atomic mass is 9.67. The monoisotopic (exact) mass is 186 g/mol. The van der Waals surface area contributed by atoms with Gasteiger partial charge in [0.2, 0.25) is 0 Å². The van der Waals surface area contributed by atoms with Crippen LogP contribution in [0.4, 0.5) is 0 Å². The lowest BCUT2D eigenvalue weighted by Gasteiger charge is -2.49. The van der Waals surface area contributed by atoms with Gasteiger partial charge in [0.15, 0.2) is 6.29 Å². The third-order valence-electron chi connectivity index (χ3n) is 4.04. The van der Waals surface area contributed by atoms with Gasteiger partial charge < -0.3 is 9.47 Å². The molecule has 0 bridgehead atoms. The number of rotatable bonds is 1. The van der Waals surface area contributed by atoms with E-state index in [0.717, 1.165) is 0 Å². The van der Waals surface area contributed by atoms with Crippen LogP contribution in [0.2, 0.25) is 0 Å². The van der Waals surface area contributed by atoms with Crippen LogP contribution in [0.15, 0.2) is 0 Å². The van der Waals surface area contributed by atoms with E-state index in [4.69, 9.17) is 9.47 Å². The molecule has 1 aliphatic rings. The van der Waals surface area contributed by atoms with E-state index < -0.39 is 0 Å². The fourth-order valence-corrected chi connectivity index (χ4v) is 2.08. The first-order valence-corrected chi connectivity index (χ1v) is 5.09. The molecule has 4 atom stereocenters. The average molecular weight is 186 g/mol. The van der Waals surface area contributed by atoms with E-state index >= 15 is 0 Å². The maximum Gasteiger partial charge on any atom is 0.160 e. The van der Waals surface area contributed by atoms with Crippen molar-refractivity contribution >= 4 is 0 Å². The van der Waals surface area contributed by atoms with Crippen molar-refractivity contribution in [2.45, 2.75) is 47.0 Å². The summed E-state index contributed by atoms with van der Waals surface area (Å²) in [7, 11) is 1.72. The van der Waals surface area contributed by atoms with Crippen molar-refractivity contribution in [1.29, 1.82) is 0 Å². The number of methoxy groups -OCH3 is 1. The Kier molecular flexibility index (Phi) is 3.03. The van der Waals surface area contributed by atoms with Gasteiger partial charge in [-0.25, -0.2) is 0 Å². The summed E-state index contributed by atoms with van der Waals surface area (Å²) in [6.07, 6.45) is 0.248. The summed E-state index contributed by atoms with van der Waals surface area (Å²) >= 11 is 0. The van der Waals surface area contributed by atoms with Crippen LogP contribution in [0.5, 0.6) is 0 Å². The van der Waals surface area contributed by atoms with Crippen molar-refractivity contribution in [2.24, 2.45) is 17.3 Å². The van der Waals surface area contributed by atoms with Crippen LogP contribution in [-0.2, 0) is 9.47 Å². The number of ether oxygens (including phenoxy) is 2. The van der Waals surface area contributed by atoms with Crippen LogP contribution in [0.3, 0.4) is 0 Å². The van der Waals surface area contributed by atoms with Gasteiger partial charge in [0, 0.05) is 13.0 Å². The van der Waals surface area contributed by atoms with E-state index in [2.05, 4.69) is 34.6 Å². The lowest BCUT2D eigenvalue weighted by molar-refractivity contribution is -0.254. The molecule has 2 nitrogen and oxygen atoms in total. The third kappa shape index (κ3) is 1.75. The van der Waals surface area contributed by atoms with Gasteiger partial charge in [0.25, 0.3) is 0 Å². The molecule has 0 aromatic carbocycles. The Balaban J connectivity index is 2.82. The predicted octanol–water partition coefficient (Wildman–Crippen LogP) is 2.68. The fourth-order valence-electron chi connectivity index (χ4n) is 2.08. The highest BCUT2D eigenvalue weighted by Gasteiger charge is 2.45. The molecule has 1 fully saturated rings. The van der Waals surface area contributed by atoms with Crippen molar-refractivity contribution in [3.05, 3.63) is 0 Å². The van der Waals surface area contributed by atoms with Gasteiger partial charge in [0.1, 0.15) is 0 Å². The van der Waals surface area contributed by atoms with Gasteiger partial charge in [-0.05, 0) is 18.3 Å². The zero-order valence-corrected chi connectivity index (χ0v) is 9.63. The zero-order chi connectivity index (χ0) is 10.2. The highest BCUT2D eigenvalue weighted by atomic mass is 16.7. The van der Waals surface area contributed by atoms with E-state index in [-0.39, 0.29) is 12.4 Å². The van der Waals surface area contributed by atoms with Crippen LogP contribution in [0.1, 0.15) is 34.6 Å². The van der Waals surface area contributed by atoms with Crippen molar-refractivity contribution in [3.63, 3.8) is 0 Å². The molecule has 0 aromatic heterocycles. The number of hydrogen-bond donors (Lipinski definition) is 0. The summed E-state index contributed by atoms with van der Waals surface area (Å²) in [4.78, 5) is 0. The standard InChI is InChI=1S/C11H22O2/c1-7-9(3)13-10(12-6)8(2)11(7,4)5/h7-10H,1-6H3. The van der Waals surface area contributed by atoms with Gasteiger partial charge in [-0.15, -0.1) is 0 Å². The molecule has 4 unspecified atom stereocenters. The topological polar surface area (TPSA) is 18.5 Å². The molecule has 13 heavy (non-hydrogen) atoms. The van der Waals surface area contributed by atoms with E-state index in [1.54, 1.807) is 7.11 Å².